The third-order valence-electron chi connectivity index (χ3n) is 3.16. The number of nitrogens with zero attached hydrogens (tertiary/aromatic N) is 4. The number of nitrogens with one attached hydrogen (secondary N) is 1. The van der Waals surface area contributed by atoms with E-state index in [2.05, 4.69) is 14.7 Å². The van der Waals surface area contributed by atoms with Gasteiger partial charge >= 0.3 is 6.01 Å². The molecule has 0 bridgehead atoms. The van der Waals surface area contributed by atoms with E-state index in [9.17, 15) is 18.5 Å². The molecule has 0 saturated carbocycles. The fourth-order valence-corrected chi connectivity index (χ4v) is 2.84. The molecule has 0 atom stereocenters. The summed E-state index contributed by atoms with van der Waals surface area (Å²) in [5.74, 6) is 0.571. The minimum absolute atomic E-state index is 0.0203. The van der Waals surface area contributed by atoms with E-state index in [4.69, 9.17) is 4.74 Å². The second kappa shape index (κ2) is 6.61. The first-order chi connectivity index (χ1) is 11.5. The molecule has 0 amide bonds. The molecule has 0 spiro atoms. The van der Waals surface area contributed by atoms with Crippen LogP contribution in [0.15, 0.2) is 35.2 Å². The van der Waals surface area contributed by atoms with Crippen molar-refractivity contribution in [3.63, 3.8) is 0 Å². The summed E-state index contributed by atoms with van der Waals surface area (Å²) in [6.45, 7) is 0. The molecule has 0 fully saturated rings. The summed E-state index contributed by atoms with van der Waals surface area (Å²) in [6, 6.07) is 6.05. The number of nitro groups is 1. The molecule has 2 aromatic rings. The first-order valence-electron chi connectivity index (χ1n) is 7.05. The molecule has 1 aromatic carbocycles. The van der Waals surface area contributed by atoms with E-state index in [1.54, 1.807) is 0 Å². The summed E-state index contributed by atoms with van der Waals surface area (Å²) in [5, 5.41) is 10.7. The number of non-ortho nitro benzene ring substituents is 1. The summed E-state index contributed by atoms with van der Waals surface area (Å²) in [5.41, 5.74) is -0.199. The Kier molecular flexibility index (Phi) is 4.90. The second-order valence-corrected chi connectivity index (χ2v) is 7.65. The van der Waals surface area contributed by atoms with Crippen LogP contribution in [0, 0.1) is 10.1 Å². The molecule has 25 heavy (non-hydrogen) atoms. The average Bonchev–Trinajstić information content (AvgIpc) is 2.53. The molecule has 0 radical (unpaired) electrons. The molecule has 0 aliphatic carbocycles. The van der Waals surface area contributed by atoms with Gasteiger partial charge in [-0.05, 0) is 12.1 Å². The quantitative estimate of drug-likeness (QED) is 0.464. The molecule has 0 unspecified atom stereocenters. The van der Waals surface area contributed by atoms with E-state index in [0.29, 0.717) is 10.3 Å². The van der Waals surface area contributed by atoms with E-state index < -0.39 is 14.9 Å². The Balaban J connectivity index is 2.38. The van der Waals surface area contributed by atoms with Crippen molar-refractivity contribution in [2.75, 3.05) is 33.0 Å². The van der Waals surface area contributed by atoms with Gasteiger partial charge in [0.05, 0.1) is 44.1 Å². The van der Waals surface area contributed by atoms with Gasteiger partial charge < -0.3 is 4.74 Å². The number of hydrogen-bond donors (Lipinski definition) is 1. The third-order valence-corrected chi connectivity index (χ3v) is 4.53. The summed E-state index contributed by atoms with van der Waals surface area (Å²) in [6.07, 6.45) is 0. The lowest BCUT2D eigenvalue weighted by Gasteiger charge is -2.22. The van der Waals surface area contributed by atoms with Gasteiger partial charge in [0.2, 0.25) is 5.82 Å². The van der Waals surface area contributed by atoms with Crippen LogP contribution in [0.25, 0.3) is 0 Å². The van der Waals surface area contributed by atoms with Gasteiger partial charge in [-0.25, -0.2) is 8.42 Å². The van der Waals surface area contributed by atoms with Gasteiger partial charge in [0, 0.05) is 12.1 Å². The molecule has 11 heteroatoms. The number of rotatable bonds is 6. The van der Waals surface area contributed by atoms with Crippen LogP contribution >= 0.6 is 0 Å². The third kappa shape index (κ3) is 4.39. The fourth-order valence-electron chi connectivity index (χ4n) is 1.84. The van der Waals surface area contributed by atoms with Crippen LogP contribution in [0.5, 0.6) is 6.01 Å². The predicted molar refractivity (Wildman–Crippen MR) is 92.1 cm³/mol. The number of nitro benzene ring substituents is 1. The molecule has 1 heterocycles. The van der Waals surface area contributed by atoms with Crippen LogP contribution in [0.3, 0.4) is 0 Å². The Morgan fingerprint density at radius 2 is 1.76 bits per heavy atom. The highest BCUT2D eigenvalue weighted by Gasteiger charge is 2.22. The van der Waals surface area contributed by atoms with Crippen molar-refractivity contribution in [3.8, 4) is 6.01 Å². The molecule has 0 aliphatic heterocycles. The Morgan fingerprint density at radius 3 is 2.24 bits per heavy atom. The van der Waals surface area contributed by atoms with Crippen molar-refractivity contribution in [2.24, 2.45) is 0 Å². The molecule has 2 rings (SSSR count). The zero-order chi connectivity index (χ0) is 18.8. The normalized spacial score (nSPS) is 11.8. The van der Waals surface area contributed by atoms with Crippen LogP contribution in [0.1, 0.15) is 0 Å². The number of sulfonamides is 1. The monoisotopic (exact) mass is 368 g/mol. The largest absolute Gasteiger partial charge is 0.467 e. The van der Waals surface area contributed by atoms with Crippen molar-refractivity contribution in [1.29, 1.82) is 0 Å². The van der Waals surface area contributed by atoms with Gasteiger partial charge in [-0.15, -0.1) is 4.98 Å². The minimum atomic E-state index is -3.97. The Morgan fingerprint density at radius 1 is 1.16 bits per heavy atom. The van der Waals surface area contributed by atoms with E-state index in [-0.39, 0.29) is 22.4 Å². The van der Waals surface area contributed by atoms with Crippen molar-refractivity contribution in [2.45, 2.75) is 4.90 Å². The number of anilines is 1. The van der Waals surface area contributed by atoms with Crippen molar-refractivity contribution in [1.82, 2.24) is 14.5 Å². The number of benzene rings is 1. The van der Waals surface area contributed by atoms with Gasteiger partial charge in [0.1, 0.15) is 0 Å². The summed E-state index contributed by atoms with van der Waals surface area (Å²) < 4.78 is 32.6. The zero-order valence-corrected chi connectivity index (χ0v) is 14.9. The zero-order valence-electron chi connectivity index (χ0n) is 14.1. The number of quaternary nitrogens is 1. The van der Waals surface area contributed by atoms with Crippen LogP contribution in [-0.4, -0.2) is 51.6 Å². The Hall–Kier alpha value is -2.79. The van der Waals surface area contributed by atoms with Crippen LogP contribution < -0.4 is 13.9 Å². The maximum Gasteiger partial charge on any atom is 0.323 e. The summed E-state index contributed by atoms with van der Waals surface area (Å²) in [7, 11) is 2.98. The van der Waals surface area contributed by atoms with Gasteiger partial charge in [-0.3, -0.25) is 19.3 Å². The molecular weight excluding hydrogens is 350 g/mol. The highest BCUT2D eigenvalue weighted by Crippen LogP contribution is 2.24. The first kappa shape index (κ1) is 18.5. The van der Waals surface area contributed by atoms with Gasteiger partial charge in [0.15, 0.2) is 5.82 Å². The molecule has 1 aromatic heterocycles. The van der Waals surface area contributed by atoms with Gasteiger partial charge in [-0.2, -0.15) is 4.98 Å². The smallest absolute Gasteiger partial charge is 0.323 e. The Bertz CT molecular complexity index is 891. The number of aromatic nitrogens is 2. The molecule has 10 nitrogen and oxygen atoms in total. The van der Waals surface area contributed by atoms with Crippen molar-refractivity contribution < 1.29 is 18.1 Å². The highest BCUT2D eigenvalue weighted by molar-refractivity contribution is 7.92. The van der Waals surface area contributed by atoms with Gasteiger partial charge in [0.25, 0.3) is 15.7 Å². The van der Waals surface area contributed by atoms with Gasteiger partial charge in [-0.1, -0.05) is 0 Å². The summed E-state index contributed by atoms with van der Waals surface area (Å²) >= 11 is 0. The van der Waals surface area contributed by atoms with Crippen LogP contribution in [0.4, 0.5) is 17.3 Å². The molecular formula is C14H18N5O5S+. The van der Waals surface area contributed by atoms with E-state index in [1.165, 1.54) is 13.2 Å². The molecule has 134 valence electrons. The fraction of sp³-hybridized carbons (Fsp3) is 0.286. The minimum Gasteiger partial charge on any atom is -0.467 e. The van der Waals surface area contributed by atoms with E-state index in [0.717, 1.165) is 24.3 Å². The molecule has 0 aliphatic rings. The lowest BCUT2D eigenvalue weighted by molar-refractivity contribution is -0.384. The lowest BCUT2D eigenvalue weighted by Crippen LogP contribution is -2.36. The maximum atomic E-state index is 12.5. The highest BCUT2D eigenvalue weighted by atomic mass is 32.2. The number of ether oxygens (including phenoxy) is 1. The maximum absolute atomic E-state index is 12.5. The average molecular weight is 368 g/mol. The first-order valence-corrected chi connectivity index (χ1v) is 8.53. The van der Waals surface area contributed by atoms with E-state index >= 15 is 0 Å². The van der Waals surface area contributed by atoms with E-state index in [1.807, 2.05) is 21.1 Å². The number of hydrogen-bond acceptors (Lipinski definition) is 7. The topological polar surface area (TPSA) is 124 Å². The molecule has 1 N–H and O–H groups in total. The second-order valence-electron chi connectivity index (χ2n) is 5.97. The lowest BCUT2D eigenvalue weighted by atomic mass is 10.3. The Labute approximate surface area is 144 Å². The van der Waals surface area contributed by atoms with Crippen molar-refractivity contribution >= 4 is 27.3 Å². The molecule has 0 saturated heterocycles. The standard InChI is InChI=1S/C14H18N5O5S/c1-19(2,3)13-9-12(15-14(16-13)24-4)17-25(22,23)11-7-5-10(6-8-11)18(20)21/h5-9H,1-4H3,(H,15,16,17)/q+1. The number of methoxy groups -OCH3 is 1. The SMILES string of the molecule is COc1nc(NS(=O)(=O)c2ccc([N+](=O)[O-])cc2)cc([N+](C)(C)C)n1. The van der Waals surface area contributed by atoms with Crippen LogP contribution in [-0.2, 0) is 10.0 Å². The van der Waals surface area contributed by atoms with Crippen LogP contribution in [0.2, 0.25) is 0 Å². The predicted octanol–water partition coefficient (Wildman–Crippen LogP) is 1.39. The summed E-state index contributed by atoms with van der Waals surface area (Å²) in [4.78, 5) is 18.1. The van der Waals surface area contributed by atoms with Crippen molar-refractivity contribution in [3.05, 3.63) is 40.4 Å².